The number of likely N-dealkylation sites (N-methyl/N-ethyl adjacent to an activating group) is 1. The van der Waals surface area contributed by atoms with Crippen LogP contribution < -0.4 is 10.1 Å². The van der Waals surface area contributed by atoms with E-state index in [1.54, 1.807) is 16.2 Å². The predicted octanol–water partition coefficient (Wildman–Crippen LogP) is 4.00. The van der Waals surface area contributed by atoms with Crippen LogP contribution in [0.3, 0.4) is 0 Å². The summed E-state index contributed by atoms with van der Waals surface area (Å²) in [6, 6.07) is 9.66. The van der Waals surface area contributed by atoms with E-state index in [-0.39, 0.29) is 30.6 Å². The van der Waals surface area contributed by atoms with E-state index in [4.69, 9.17) is 4.74 Å². The quantitative estimate of drug-likeness (QED) is 0.724. The van der Waals surface area contributed by atoms with Gasteiger partial charge in [0.25, 0.3) is 0 Å². The summed E-state index contributed by atoms with van der Waals surface area (Å²) in [6.45, 7) is 9.30. The number of rotatable bonds is 7. The third kappa shape index (κ3) is 5.14. The molecule has 1 aliphatic rings. The molecule has 7 heteroatoms. The molecule has 0 aliphatic carbocycles. The Labute approximate surface area is 182 Å². The van der Waals surface area contributed by atoms with Crippen LogP contribution in [0.25, 0.3) is 0 Å². The lowest BCUT2D eigenvalue weighted by Gasteiger charge is -2.37. The van der Waals surface area contributed by atoms with Gasteiger partial charge in [0.1, 0.15) is 18.9 Å². The molecule has 2 aromatic rings. The number of amides is 3. The number of hydrogen-bond donors (Lipinski definition) is 1. The van der Waals surface area contributed by atoms with Gasteiger partial charge < -0.3 is 19.9 Å². The van der Waals surface area contributed by atoms with Gasteiger partial charge in [0.15, 0.2) is 0 Å². The van der Waals surface area contributed by atoms with Crippen molar-refractivity contribution >= 4 is 23.3 Å². The number of thiophene rings is 1. The zero-order valence-corrected chi connectivity index (χ0v) is 19.0. The Bertz CT molecular complexity index is 880. The van der Waals surface area contributed by atoms with Crippen LogP contribution in [0.1, 0.15) is 42.8 Å². The third-order valence-corrected chi connectivity index (χ3v) is 6.31. The monoisotopic (exact) mass is 429 g/mol. The second-order valence-corrected chi connectivity index (χ2v) is 8.85. The molecule has 162 valence electrons. The van der Waals surface area contributed by atoms with E-state index in [9.17, 15) is 9.59 Å². The smallest absolute Gasteiger partial charge is 0.318 e. The summed E-state index contributed by atoms with van der Waals surface area (Å²) >= 11 is 1.73. The topological polar surface area (TPSA) is 61.9 Å². The summed E-state index contributed by atoms with van der Waals surface area (Å²) in [5, 5.41) is 4.95. The van der Waals surface area contributed by atoms with Crippen molar-refractivity contribution in [1.82, 2.24) is 15.1 Å². The Hall–Kier alpha value is -2.54. The van der Waals surface area contributed by atoms with E-state index < -0.39 is 0 Å². The minimum Gasteiger partial charge on any atom is -0.491 e. The van der Waals surface area contributed by atoms with E-state index in [0.29, 0.717) is 19.7 Å². The van der Waals surface area contributed by atoms with Crippen molar-refractivity contribution < 1.29 is 14.3 Å². The lowest BCUT2D eigenvalue weighted by Crippen LogP contribution is -2.50. The van der Waals surface area contributed by atoms with Crippen molar-refractivity contribution in [3.05, 3.63) is 51.7 Å². The highest BCUT2D eigenvalue weighted by Crippen LogP contribution is 2.34. The fraction of sp³-hybridized carbons (Fsp3) is 0.478. The SMILES string of the molecule is CCN(CC(=O)N1CCc2sccc2C1COc1ccccc1C)C(=O)NC(C)C. The fourth-order valence-electron chi connectivity index (χ4n) is 3.68. The second-order valence-electron chi connectivity index (χ2n) is 7.85. The summed E-state index contributed by atoms with van der Waals surface area (Å²) < 4.78 is 6.13. The Balaban J connectivity index is 1.75. The van der Waals surface area contributed by atoms with Gasteiger partial charge in [0.2, 0.25) is 5.91 Å². The Morgan fingerprint density at radius 1 is 1.30 bits per heavy atom. The van der Waals surface area contributed by atoms with Crippen LogP contribution in [0.4, 0.5) is 4.79 Å². The van der Waals surface area contributed by atoms with E-state index in [0.717, 1.165) is 23.3 Å². The molecule has 0 saturated carbocycles. The molecule has 0 radical (unpaired) electrons. The van der Waals surface area contributed by atoms with Crippen molar-refractivity contribution in [3.63, 3.8) is 0 Å². The zero-order valence-electron chi connectivity index (χ0n) is 18.2. The van der Waals surface area contributed by atoms with Gasteiger partial charge in [-0.15, -0.1) is 11.3 Å². The van der Waals surface area contributed by atoms with E-state index in [1.807, 2.05) is 56.9 Å². The molecule has 1 aromatic heterocycles. The van der Waals surface area contributed by atoms with Gasteiger partial charge in [-0.1, -0.05) is 18.2 Å². The maximum Gasteiger partial charge on any atom is 0.318 e. The molecule has 0 saturated heterocycles. The molecule has 0 bridgehead atoms. The van der Waals surface area contributed by atoms with Crippen LogP contribution >= 0.6 is 11.3 Å². The van der Waals surface area contributed by atoms with E-state index >= 15 is 0 Å². The molecule has 1 unspecified atom stereocenters. The molecule has 6 nitrogen and oxygen atoms in total. The zero-order chi connectivity index (χ0) is 21.7. The number of ether oxygens (including phenoxy) is 1. The fourth-order valence-corrected chi connectivity index (χ4v) is 4.61. The molecule has 1 atom stereocenters. The first-order valence-corrected chi connectivity index (χ1v) is 11.4. The molecule has 1 aromatic carbocycles. The number of aryl methyl sites for hydroxylation is 1. The maximum atomic E-state index is 13.2. The Morgan fingerprint density at radius 3 is 2.77 bits per heavy atom. The molecule has 3 amide bonds. The van der Waals surface area contributed by atoms with Gasteiger partial charge in [-0.25, -0.2) is 4.79 Å². The van der Waals surface area contributed by atoms with Gasteiger partial charge in [0, 0.05) is 24.0 Å². The first-order chi connectivity index (χ1) is 14.4. The first-order valence-electron chi connectivity index (χ1n) is 10.5. The number of carbonyl (C=O) groups excluding carboxylic acids is 2. The molecule has 30 heavy (non-hydrogen) atoms. The van der Waals surface area contributed by atoms with Gasteiger partial charge in [-0.05, 0) is 62.8 Å². The Kier molecular flexibility index (Phi) is 7.37. The summed E-state index contributed by atoms with van der Waals surface area (Å²) in [5.41, 5.74) is 2.22. The predicted molar refractivity (Wildman–Crippen MR) is 120 cm³/mol. The minimum absolute atomic E-state index is 0.0280. The van der Waals surface area contributed by atoms with E-state index in [1.165, 1.54) is 4.88 Å². The number of nitrogens with one attached hydrogen (secondary N) is 1. The number of nitrogens with zero attached hydrogens (tertiary/aromatic N) is 2. The number of urea groups is 1. The van der Waals surface area contributed by atoms with Crippen LogP contribution in [0.5, 0.6) is 5.75 Å². The standard InChI is InChI=1S/C23H31N3O3S/c1-5-25(23(28)24-16(2)3)14-22(27)26-12-10-21-18(11-13-30-21)19(26)15-29-20-9-7-6-8-17(20)4/h6-9,11,13,16,19H,5,10,12,14-15H2,1-4H3,(H,24,28). The molecule has 3 rings (SSSR count). The largest absolute Gasteiger partial charge is 0.491 e. The Morgan fingerprint density at radius 2 is 2.07 bits per heavy atom. The van der Waals surface area contributed by atoms with Gasteiger partial charge in [0.05, 0.1) is 6.04 Å². The molecule has 1 aliphatic heterocycles. The summed E-state index contributed by atoms with van der Waals surface area (Å²) in [4.78, 5) is 30.4. The molecular formula is C23H31N3O3S. The number of hydrogen-bond acceptors (Lipinski definition) is 4. The first kappa shape index (κ1) is 22.2. The van der Waals surface area contributed by atoms with E-state index in [2.05, 4.69) is 16.8 Å². The van der Waals surface area contributed by atoms with Crippen molar-refractivity contribution in [3.8, 4) is 5.75 Å². The van der Waals surface area contributed by atoms with Crippen molar-refractivity contribution in [2.45, 2.75) is 46.2 Å². The molecule has 0 fully saturated rings. The van der Waals surface area contributed by atoms with Gasteiger partial charge in [-0.3, -0.25) is 4.79 Å². The van der Waals surface area contributed by atoms with Gasteiger partial charge >= 0.3 is 6.03 Å². The lowest BCUT2D eigenvalue weighted by molar-refractivity contribution is -0.135. The molecule has 1 N–H and O–H groups in total. The molecule has 0 spiro atoms. The average Bonchev–Trinajstić information content (AvgIpc) is 3.19. The van der Waals surface area contributed by atoms with Crippen LogP contribution in [-0.4, -0.2) is 54.0 Å². The average molecular weight is 430 g/mol. The number of para-hydroxylation sites is 1. The highest BCUT2D eigenvalue weighted by Gasteiger charge is 2.33. The van der Waals surface area contributed by atoms with Crippen LogP contribution in [0.2, 0.25) is 0 Å². The molecular weight excluding hydrogens is 398 g/mol. The van der Waals surface area contributed by atoms with Crippen molar-refractivity contribution in [2.24, 2.45) is 0 Å². The number of fused-ring (bicyclic) bond motifs is 1. The third-order valence-electron chi connectivity index (χ3n) is 5.31. The highest BCUT2D eigenvalue weighted by molar-refractivity contribution is 7.10. The molecule has 2 heterocycles. The minimum atomic E-state index is -0.207. The maximum absolute atomic E-state index is 13.2. The van der Waals surface area contributed by atoms with Crippen molar-refractivity contribution in [2.75, 3.05) is 26.2 Å². The van der Waals surface area contributed by atoms with Gasteiger partial charge in [-0.2, -0.15) is 0 Å². The van der Waals surface area contributed by atoms with Crippen LogP contribution in [-0.2, 0) is 11.2 Å². The highest BCUT2D eigenvalue weighted by atomic mass is 32.1. The summed E-state index contributed by atoms with van der Waals surface area (Å²) in [5.74, 6) is 0.782. The number of benzene rings is 1. The normalized spacial score (nSPS) is 15.6. The van der Waals surface area contributed by atoms with Crippen LogP contribution in [0.15, 0.2) is 35.7 Å². The number of carbonyl (C=O) groups is 2. The summed E-state index contributed by atoms with van der Waals surface area (Å²) in [6.07, 6.45) is 0.837. The lowest BCUT2D eigenvalue weighted by atomic mass is 10.0. The van der Waals surface area contributed by atoms with Crippen molar-refractivity contribution in [1.29, 1.82) is 0 Å². The summed E-state index contributed by atoms with van der Waals surface area (Å²) in [7, 11) is 0. The second kappa shape index (κ2) is 9.98. The van der Waals surface area contributed by atoms with Crippen LogP contribution in [0, 0.1) is 6.92 Å².